The minimum absolute atomic E-state index is 0.00183. The molecule has 2 N–H and O–H groups in total. The largest absolute Gasteiger partial charge is 0.353 e. The fourth-order valence-corrected chi connectivity index (χ4v) is 5.37. The summed E-state index contributed by atoms with van der Waals surface area (Å²) >= 11 is 2.80. The molecule has 4 rings (SSSR count). The fraction of sp³-hybridized carbons (Fsp3) is 0.350. The summed E-state index contributed by atoms with van der Waals surface area (Å²) in [6, 6.07) is 10.2. The number of nitrogens with zero attached hydrogens (tertiary/aromatic N) is 1. The normalized spacial score (nSPS) is 14.7. The quantitative estimate of drug-likeness (QED) is 0.500. The number of benzene rings is 1. The van der Waals surface area contributed by atoms with E-state index in [9.17, 15) is 9.59 Å². The van der Waals surface area contributed by atoms with Gasteiger partial charge in [0.25, 0.3) is 5.56 Å². The first-order valence-electron chi connectivity index (χ1n) is 9.13. The lowest BCUT2D eigenvalue weighted by Gasteiger charge is -2.11. The molecule has 0 spiro atoms. The third kappa shape index (κ3) is 3.94. The molecule has 27 heavy (non-hydrogen) atoms. The average molecular weight is 400 g/mol. The Hall–Kier alpha value is -2.12. The summed E-state index contributed by atoms with van der Waals surface area (Å²) in [6.45, 7) is 2.01. The molecule has 2 heterocycles. The lowest BCUT2D eigenvalue weighted by Crippen LogP contribution is -2.33. The zero-order valence-corrected chi connectivity index (χ0v) is 16.7. The van der Waals surface area contributed by atoms with Crippen molar-refractivity contribution in [1.82, 2.24) is 15.3 Å². The van der Waals surface area contributed by atoms with E-state index >= 15 is 0 Å². The van der Waals surface area contributed by atoms with Crippen LogP contribution in [0.5, 0.6) is 0 Å². The Kier molecular flexibility index (Phi) is 5.31. The smallest absolute Gasteiger partial charge is 0.260 e. The molecule has 0 saturated heterocycles. The SMILES string of the molecule is Cc1sc2nc(SCC(=O)NC3CCCC3)[nH]c(=O)c2c1-c1ccccc1. The van der Waals surface area contributed by atoms with Crippen LogP contribution in [0.2, 0.25) is 0 Å². The average Bonchev–Trinajstić information content (AvgIpc) is 3.28. The van der Waals surface area contributed by atoms with Gasteiger partial charge in [-0.2, -0.15) is 0 Å². The molecule has 0 bridgehead atoms. The summed E-state index contributed by atoms with van der Waals surface area (Å²) in [5, 5.41) is 4.18. The van der Waals surface area contributed by atoms with Gasteiger partial charge in [0, 0.05) is 16.5 Å². The van der Waals surface area contributed by atoms with Crippen molar-refractivity contribution < 1.29 is 4.79 Å². The van der Waals surface area contributed by atoms with Crippen molar-refractivity contribution >= 4 is 39.2 Å². The van der Waals surface area contributed by atoms with Crippen LogP contribution in [0.15, 0.2) is 40.3 Å². The van der Waals surface area contributed by atoms with Crippen LogP contribution < -0.4 is 10.9 Å². The van der Waals surface area contributed by atoms with E-state index in [0.717, 1.165) is 28.8 Å². The zero-order valence-electron chi connectivity index (χ0n) is 15.1. The number of aromatic amines is 1. The first-order chi connectivity index (χ1) is 13.1. The summed E-state index contributed by atoms with van der Waals surface area (Å²) in [5.74, 6) is 0.267. The number of aryl methyl sites for hydroxylation is 1. The molecule has 1 aromatic carbocycles. The Bertz CT molecular complexity index is 1020. The molecule has 0 radical (unpaired) electrons. The first-order valence-corrected chi connectivity index (χ1v) is 10.9. The maximum Gasteiger partial charge on any atom is 0.260 e. The molecule has 3 aromatic rings. The van der Waals surface area contributed by atoms with E-state index in [-0.39, 0.29) is 17.2 Å². The van der Waals surface area contributed by atoms with Crippen LogP contribution in [0.3, 0.4) is 0 Å². The van der Waals surface area contributed by atoms with E-state index < -0.39 is 0 Å². The topological polar surface area (TPSA) is 74.8 Å². The number of aromatic nitrogens is 2. The molecule has 0 aliphatic heterocycles. The molecule has 1 aliphatic carbocycles. The predicted octanol–water partition coefficient (Wildman–Crippen LogP) is 4.11. The number of nitrogens with one attached hydrogen (secondary N) is 2. The minimum Gasteiger partial charge on any atom is -0.353 e. The van der Waals surface area contributed by atoms with E-state index in [1.54, 1.807) is 0 Å². The van der Waals surface area contributed by atoms with Crippen molar-refractivity contribution in [3.63, 3.8) is 0 Å². The summed E-state index contributed by atoms with van der Waals surface area (Å²) in [6.07, 6.45) is 4.50. The van der Waals surface area contributed by atoms with E-state index in [4.69, 9.17) is 0 Å². The molecule has 1 aliphatic rings. The number of hydrogen-bond acceptors (Lipinski definition) is 5. The Morgan fingerprint density at radius 1 is 1.30 bits per heavy atom. The monoisotopic (exact) mass is 399 g/mol. The number of H-pyrrole nitrogens is 1. The standard InChI is InChI=1S/C20H21N3O2S2/c1-12-16(13-7-3-2-4-8-13)17-18(25)22-20(23-19(17)27-12)26-11-15(24)21-14-9-5-6-10-14/h2-4,7-8,14H,5-6,9-11H2,1H3,(H,21,24)(H,22,23,25). The second-order valence-corrected chi connectivity index (χ2v) is 8.96. The second kappa shape index (κ2) is 7.86. The molecule has 5 nitrogen and oxygen atoms in total. The number of thiophene rings is 1. The van der Waals surface area contributed by atoms with E-state index in [2.05, 4.69) is 15.3 Å². The van der Waals surface area contributed by atoms with Gasteiger partial charge in [-0.15, -0.1) is 11.3 Å². The van der Waals surface area contributed by atoms with Crippen LogP contribution in [-0.2, 0) is 4.79 Å². The maximum absolute atomic E-state index is 12.7. The molecule has 2 aromatic heterocycles. The highest BCUT2D eigenvalue weighted by Crippen LogP contribution is 2.35. The van der Waals surface area contributed by atoms with Crippen molar-refractivity contribution in [3.05, 3.63) is 45.6 Å². The Balaban J connectivity index is 1.56. The van der Waals surface area contributed by atoms with Gasteiger partial charge in [-0.3, -0.25) is 9.59 Å². The van der Waals surface area contributed by atoms with E-state index in [0.29, 0.717) is 21.4 Å². The fourth-order valence-electron chi connectivity index (χ4n) is 3.59. The lowest BCUT2D eigenvalue weighted by molar-refractivity contribution is -0.119. The maximum atomic E-state index is 12.7. The van der Waals surface area contributed by atoms with Gasteiger partial charge in [-0.25, -0.2) is 4.98 Å². The third-order valence-electron chi connectivity index (χ3n) is 4.84. The molecule has 7 heteroatoms. The van der Waals surface area contributed by atoms with Gasteiger partial charge < -0.3 is 10.3 Å². The summed E-state index contributed by atoms with van der Waals surface area (Å²) in [7, 11) is 0. The second-order valence-electron chi connectivity index (χ2n) is 6.79. The van der Waals surface area contributed by atoms with Gasteiger partial charge in [0.05, 0.1) is 11.1 Å². The number of hydrogen-bond donors (Lipinski definition) is 2. The summed E-state index contributed by atoms with van der Waals surface area (Å²) in [4.78, 5) is 34.1. The Morgan fingerprint density at radius 3 is 2.78 bits per heavy atom. The molecule has 0 unspecified atom stereocenters. The highest BCUT2D eigenvalue weighted by atomic mass is 32.2. The molecule has 0 atom stereocenters. The van der Waals surface area contributed by atoms with Crippen LogP contribution >= 0.6 is 23.1 Å². The zero-order chi connectivity index (χ0) is 18.8. The van der Waals surface area contributed by atoms with Crippen molar-refractivity contribution in [2.75, 3.05) is 5.75 Å². The number of fused-ring (bicyclic) bond motifs is 1. The van der Waals surface area contributed by atoms with E-state index in [1.807, 2.05) is 37.3 Å². The lowest BCUT2D eigenvalue weighted by atomic mass is 10.0. The van der Waals surface area contributed by atoms with Crippen LogP contribution in [0.4, 0.5) is 0 Å². The number of thioether (sulfide) groups is 1. The highest BCUT2D eigenvalue weighted by molar-refractivity contribution is 7.99. The van der Waals surface area contributed by atoms with Crippen LogP contribution in [-0.4, -0.2) is 27.7 Å². The number of carbonyl (C=O) groups excluding carboxylic acids is 1. The predicted molar refractivity (Wildman–Crippen MR) is 112 cm³/mol. The molecule has 140 valence electrons. The van der Waals surface area contributed by atoms with Crippen LogP contribution in [0.1, 0.15) is 30.6 Å². The number of rotatable bonds is 5. The van der Waals surface area contributed by atoms with Gasteiger partial charge in [-0.05, 0) is 25.3 Å². The summed E-state index contributed by atoms with van der Waals surface area (Å²) < 4.78 is 0. The highest BCUT2D eigenvalue weighted by Gasteiger charge is 2.19. The van der Waals surface area contributed by atoms with Gasteiger partial charge >= 0.3 is 0 Å². The molecule has 1 fully saturated rings. The minimum atomic E-state index is -0.151. The van der Waals surface area contributed by atoms with Gasteiger partial charge in [-0.1, -0.05) is 54.9 Å². The van der Waals surface area contributed by atoms with Gasteiger partial charge in [0.2, 0.25) is 5.91 Å². The van der Waals surface area contributed by atoms with Crippen LogP contribution in [0.25, 0.3) is 21.3 Å². The number of carbonyl (C=O) groups is 1. The van der Waals surface area contributed by atoms with Crippen molar-refractivity contribution in [3.8, 4) is 11.1 Å². The van der Waals surface area contributed by atoms with Gasteiger partial charge in [0.15, 0.2) is 5.16 Å². The van der Waals surface area contributed by atoms with Crippen molar-refractivity contribution in [2.45, 2.75) is 43.8 Å². The first kappa shape index (κ1) is 18.3. The molecule has 1 amide bonds. The van der Waals surface area contributed by atoms with Crippen molar-refractivity contribution in [1.29, 1.82) is 0 Å². The van der Waals surface area contributed by atoms with Crippen LogP contribution in [0, 0.1) is 6.92 Å². The number of amides is 1. The molecular weight excluding hydrogens is 378 g/mol. The van der Waals surface area contributed by atoms with Gasteiger partial charge in [0.1, 0.15) is 4.83 Å². The Morgan fingerprint density at radius 2 is 2.04 bits per heavy atom. The third-order valence-corrected chi connectivity index (χ3v) is 6.71. The summed E-state index contributed by atoms with van der Waals surface area (Å²) in [5.41, 5.74) is 1.81. The van der Waals surface area contributed by atoms with Crippen molar-refractivity contribution in [2.24, 2.45) is 0 Å². The van der Waals surface area contributed by atoms with E-state index in [1.165, 1.54) is 35.9 Å². The molecular formula is C20H21N3O2S2. The molecule has 1 saturated carbocycles. The Labute approximate surface area is 165 Å².